The van der Waals surface area contributed by atoms with Crippen LogP contribution in [0.2, 0.25) is 0 Å². The molecule has 1 heterocycles. The van der Waals surface area contributed by atoms with Gasteiger partial charge in [-0.1, -0.05) is 13.0 Å². The lowest BCUT2D eigenvalue weighted by Crippen LogP contribution is -2.08. The summed E-state index contributed by atoms with van der Waals surface area (Å²) < 4.78 is 5.65. The fourth-order valence-electron chi connectivity index (χ4n) is 1.97. The molecule has 19 heavy (non-hydrogen) atoms. The van der Waals surface area contributed by atoms with Crippen molar-refractivity contribution in [3.05, 3.63) is 46.7 Å². The molecule has 1 aromatic carbocycles. The fourth-order valence-corrected chi connectivity index (χ4v) is 2.83. The van der Waals surface area contributed by atoms with Crippen molar-refractivity contribution in [2.24, 2.45) is 0 Å². The lowest BCUT2D eigenvalue weighted by molar-refractivity contribution is 0.242. The second-order valence-electron chi connectivity index (χ2n) is 4.81. The monoisotopic (exact) mass is 275 g/mol. The van der Waals surface area contributed by atoms with E-state index in [4.69, 9.17) is 4.74 Å². The highest BCUT2D eigenvalue weighted by molar-refractivity contribution is 7.10. The average Bonchev–Trinajstić information content (AvgIpc) is 2.91. The summed E-state index contributed by atoms with van der Waals surface area (Å²) in [4.78, 5) is 1.38. The molecule has 2 aromatic rings. The van der Waals surface area contributed by atoms with Gasteiger partial charge >= 0.3 is 0 Å². The van der Waals surface area contributed by atoms with Crippen molar-refractivity contribution in [3.63, 3.8) is 0 Å². The van der Waals surface area contributed by atoms with Crippen LogP contribution in [0.5, 0.6) is 5.75 Å². The van der Waals surface area contributed by atoms with Gasteiger partial charge in [-0.05, 0) is 56.0 Å². The maximum Gasteiger partial charge on any atom is 0.119 e. The van der Waals surface area contributed by atoms with E-state index in [1.807, 2.05) is 26.0 Å². The number of benzene rings is 1. The summed E-state index contributed by atoms with van der Waals surface area (Å²) in [5.41, 5.74) is 1.14. The molecule has 0 fully saturated rings. The summed E-state index contributed by atoms with van der Waals surface area (Å²) >= 11 is 1.80. The average molecular weight is 275 g/mol. The maximum atomic E-state index is 5.65. The third-order valence-corrected chi connectivity index (χ3v) is 3.85. The molecule has 1 atom stereocenters. The van der Waals surface area contributed by atoms with Gasteiger partial charge in [0.15, 0.2) is 0 Å². The molecule has 0 bridgehead atoms. The van der Waals surface area contributed by atoms with E-state index in [-0.39, 0.29) is 6.10 Å². The van der Waals surface area contributed by atoms with Crippen molar-refractivity contribution >= 4 is 17.0 Å². The minimum absolute atomic E-state index is 0.216. The van der Waals surface area contributed by atoms with Crippen molar-refractivity contribution in [3.8, 4) is 5.75 Å². The van der Waals surface area contributed by atoms with Gasteiger partial charge < -0.3 is 10.1 Å². The first-order valence-electron chi connectivity index (χ1n) is 6.75. The van der Waals surface area contributed by atoms with Crippen LogP contribution >= 0.6 is 11.3 Å². The van der Waals surface area contributed by atoms with Crippen molar-refractivity contribution < 1.29 is 4.74 Å². The molecule has 2 rings (SSSR count). The van der Waals surface area contributed by atoms with Crippen LogP contribution in [0, 0.1) is 0 Å². The zero-order valence-corrected chi connectivity index (χ0v) is 12.5. The first-order valence-corrected chi connectivity index (χ1v) is 7.63. The second kappa shape index (κ2) is 6.62. The number of nitrogens with one attached hydrogen (secondary N) is 1. The van der Waals surface area contributed by atoms with Gasteiger partial charge in [-0.15, -0.1) is 11.3 Å². The Morgan fingerprint density at radius 3 is 2.42 bits per heavy atom. The number of anilines is 1. The van der Waals surface area contributed by atoms with Gasteiger partial charge in [-0.3, -0.25) is 0 Å². The molecule has 1 unspecified atom stereocenters. The van der Waals surface area contributed by atoms with E-state index in [0.717, 1.165) is 17.9 Å². The number of hydrogen-bond acceptors (Lipinski definition) is 3. The number of thiophene rings is 1. The zero-order chi connectivity index (χ0) is 13.7. The Hall–Kier alpha value is -1.48. The number of hydrogen-bond donors (Lipinski definition) is 1. The van der Waals surface area contributed by atoms with Crippen molar-refractivity contribution in [1.82, 2.24) is 0 Å². The van der Waals surface area contributed by atoms with Gasteiger partial charge in [0, 0.05) is 10.6 Å². The van der Waals surface area contributed by atoms with E-state index < -0.39 is 0 Å². The molecule has 0 aliphatic heterocycles. The molecule has 1 N–H and O–H groups in total. The predicted octanol–water partition coefficient (Wildman–Crippen LogP) is 5.10. The van der Waals surface area contributed by atoms with Crippen molar-refractivity contribution in [2.75, 3.05) is 5.32 Å². The third kappa shape index (κ3) is 4.00. The summed E-state index contributed by atoms with van der Waals surface area (Å²) in [6.45, 7) is 6.28. The Morgan fingerprint density at radius 2 is 1.89 bits per heavy atom. The summed E-state index contributed by atoms with van der Waals surface area (Å²) in [6, 6.07) is 12.9. The van der Waals surface area contributed by atoms with E-state index in [2.05, 4.69) is 41.9 Å². The van der Waals surface area contributed by atoms with Gasteiger partial charge in [0.2, 0.25) is 0 Å². The molecule has 0 aliphatic rings. The summed E-state index contributed by atoms with van der Waals surface area (Å²) in [5.74, 6) is 0.921. The standard InChI is InChI=1S/C16H21NOS/c1-4-15(16-6-5-11-19-16)17-13-7-9-14(10-8-13)18-12(2)3/h5-12,15,17H,4H2,1-3H3. The molecule has 0 radical (unpaired) electrons. The van der Waals surface area contributed by atoms with Crippen LogP contribution in [0.1, 0.15) is 38.1 Å². The van der Waals surface area contributed by atoms with E-state index in [1.165, 1.54) is 4.88 Å². The smallest absolute Gasteiger partial charge is 0.119 e. The van der Waals surface area contributed by atoms with E-state index in [1.54, 1.807) is 11.3 Å². The van der Waals surface area contributed by atoms with E-state index in [9.17, 15) is 0 Å². The van der Waals surface area contributed by atoms with Gasteiger partial charge in [0.05, 0.1) is 12.1 Å². The Bertz CT molecular complexity index is 476. The highest BCUT2D eigenvalue weighted by Gasteiger charge is 2.09. The second-order valence-corrected chi connectivity index (χ2v) is 5.79. The number of rotatable bonds is 6. The quantitative estimate of drug-likeness (QED) is 0.792. The van der Waals surface area contributed by atoms with Crippen LogP contribution in [0.3, 0.4) is 0 Å². The summed E-state index contributed by atoms with van der Waals surface area (Å²) in [6.07, 6.45) is 1.29. The lowest BCUT2D eigenvalue weighted by atomic mass is 10.1. The molecule has 1 aromatic heterocycles. The molecule has 3 heteroatoms. The molecule has 0 spiro atoms. The molecule has 0 amide bonds. The molecule has 0 saturated carbocycles. The highest BCUT2D eigenvalue weighted by Crippen LogP contribution is 2.27. The van der Waals surface area contributed by atoms with Crippen LogP contribution in [-0.2, 0) is 0 Å². The van der Waals surface area contributed by atoms with Crippen LogP contribution in [-0.4, -0.2) is 6.10 Å². The Balaban J connectivity index is 2.02. The molecular formula is C16H21NOS. The van der Waals surface area contributed by atoms with Gasteiger partial charge in [-0.2, -0.15) is 0 Å². The first kappa shape index (κ1) is 13.9. The predicted molar refractivity (Wildman–Crippen MR) is 83.2 cm³/mol. The van der Waals surface area contributed by atoms with Crippen LogP contribution in [0.4, 0.5) is 5.69 Å². The molecular weight excluding hydrogens is 254 g/mol. The van der Waals surface area contributed by atoms with Gasteiger partial charge in [0.25, 0.3) is 0 Å². The van der Waals surface area contributed by atoms with Crippen LogP contribution < -0.4 is 10.1 Å². The van der Waals surface area contributed by atoms with E-state index >= 15 is 0 Å². The zero-order valence-electron chi connectivity index (χ0n) is 11.7. The SMILES string of the molecule is CCC(Nc1ccc(OC(C)C)cc1)c1cccs1. The summed E-state index contributed by atoms with van der Waals surface area (Å²) in [7, 11) is 0. The Morgan fingerprint density at radius 1 is 1.16 bits per heavy atom. The molecule has 0 aliphatic carbocycles. The summed E-state index contributed by atoms with van der Waals surface area (Å²) in [5, 5.41) is 5.69. The Labute approximate surface area is 119 Å². The topological polar surface area (TPSA) is 21.3 Å². The van der Waals surface area contributed by atoms with Crippen LogP contribution in [0.15, 0.2) is 41.8 Å². The fraction of sp³-hybridized carbons (Fsp3) is 0.375. The largest absolute Gasteiger partial charge is 0.491 e. The van der Waals surface area contributed by atoms with E-state index in [0.29, 0.717) is 6.04 Å². The molecule has 0 saturated heterocycles. The lowest BCUT2D eigenvalue weighted by Gasteiger charge is -2.17. The maximum absolute atomic E-state index is 5.65. The Kier molecular flexibility index (Phi) is 4.86. The first-order chi connectivity index (χ1) is 9.19. The van der Waals surface area contributed by atoms with Crippen LogP contribution in [0.25, 0.3) is 0 Å². The van der Waals surface area contributed by atoms with Crippen molar-refractivity contribution in [2.45, 2.75) is 39.3 Å². The molecule has 102 valence electrons. The van der Waals surface area contributed by atoms with Crippen molar-refractivity contribution in [1.29, 1.82) is 0 Å². The van der Waals surface area contributed by atoms with Gasteiger partial charge in [0.1, 0.15) is 5.75 Å². The minimum Gasteiger partial charge on any atom is -0.491 e. The minimum atomic E-state index is 0.216. The molecule has 2 nitrogen and oxygen atoms in total. The highest BCUT2D eigenvalue weighted by atomic mass is 32.1. The third-order valence-electron chi connectivity index (χ3n) is 2.86. The number of ether oxygens (including phenoxy) is 1. The van der Waals surface area contributed by atoms with Gasteiger partial charge in [-0.25, -0.2) is 0 Å². The normalized spacial score (nSPS) is 12.4.